The first kappa shape index (κ1) is 20.2. The van der Waals surface area contributed by atoms with Crippen LogP contribution in [-0.2, 0) is 21.4 Å². The van der Waals surface area contributed by atoms with Gasteiger partial charge in [-0.15, -0.1) is 12.4 Å². The van der Waals surface area contributed by atoms with E-state index in [2.05, 4.69) is 10.6 Å². The zero-order valence-electron chi connectivity index (χ0n) is 14.2. The minimum Gasteiger partial charge on any atom is -0.351 e. The summed E-state index contributed by atoms with van der Waals surface area (Å²) in [7, 11) is -3.39. The summed E-state index contributed by atoms with van der Waals surface area (Å²) in [5.41, 5.74) is 0.902. The second-order valence-electron chi connectivity index (χ2n) is 6.48. The molecular weight excluding hydrogens is 362 g/mol. The lowest BCUT2D eigenvalue weighted by atomic mass is 10.2. The summed E-state index contributed by atoms with van der Waals surface area (Å²) in [6.07, 6.45) is 4.86. The van der Waals surface area contributed by atoms with Crippen molar-refractivity contribution in [3.05, 3.63) is 29.8 Å². The number of nitrogens with zero attached hydrogens (tertiary/aromatic N) is 1. The number of halogens is 1. The van der Waals surface area contributed by atoms with Crippen LogP contribution in [0.25, 0.3) is 0 Å². The number of rotatable bonds is 5. The number of piperidine rings is 1. The van der Waals surface area contributed by atoms with Crippen LogP contribution < -0.4 is 10.6 Å². The van der Waals surface area contributed by atoms with E-state index in [4.69, 9.17) is 0 Å². The minimum absolute atomic E-state index is 0. The van der Waals surface area contributed by atoms with Crippen molar-refractivity contribution in [2.24, 2.45) is 0 Å². The largest absolute Gasteiger partial charge is 0.351 e. The molecule has 0 bridgehead atoms. The third kappa shape index (κ3) is 4.94. The number of amides is 1. The number of carbonyl (C=O) groups excluding carboxylic acids is 1. The topological polar surface area (TPSA) is 78.5 Å². The Labute approximate surface area is 155 Å². The van der Waals surface area contributed by atoms with Gasteiger partial charge in [-0.05, 0) is 49.9 Å². The minimum atomic E-state index is -3.39. The van der Waals surface area contributed by atoms with Crippen molar-refractivity contribution >= 4 is 28.3 Å². The first-order valence-corrected chi connectivity index (χ1v) is 10.1. The van der Waals surface area contributed by atoms with Crippen LogP contribution in [0.15, 0.2) is 29.2 Å². The number of hydrogen-bond acceptors (Lipinski definition) is 4. The quantitative estimate of drug-likeness (QED) is 0.805. The standard InChI is InChI=1S/C17H25N3O3S.ClH/c21-17(16-5-4-10-18-16)19-13-14-6-8-15(9-7-14)24(22,23)20-11-2-1-3-12-20;/h6-9,16,18H,1-5,10-13H2,(H,19,21);1H. The molecule has 2 fully saturated rings. The van der Waals surface area contributed by atoms with Crippen LogP contribution in [-0.4, -0.2) is 44.3 Å². The zero-order chi connectivity index (χ0) is 17.0. The van der Waals surface area contributed by atoms with Crippen LogP contribution >= 0.6 is 12.4 Å². The Morgan fingerprint density at radius 3 is 2.40 bits per heavy atom. The Morgan fingerprint density at radius 2 is 1.80 bits per heavy atom. The molecule has 1 aromatic carbocycles. The van der Waals surface area contributed by atoms with E-state index < -0.39 is 10.0 Å². The zero-order valence-corrected chi connectivity index (χ0v) is 15.9. The lowest BCUT2D eigenvalue weighted by molar-refractivity contribution is -0.122. The average molecular weight is 388 g/mol. The highest BCUT2D eigenvalue weighted by atomic mass is 35.5. The molecule has 8 heteroatoms. The van der Waals surface area contributed by atoms with Gasteiger partial charge in [0.1, 0.15) is 0 Å². The molecule has 0 spiro atoms. The summed E-state index contributed by atoms with van der Waals surface area (Å²) in [5, 5.41) is 6.06. The lowest BCUT2D eigenvalue weighted by Gasteiger charge is -2.25. The Balaban J connectivity index is 0.00000225. The molecule has 0 aromatic heterocycles. The van der Waals surface area contributed by atoms with Crippen molar-refractivity contribution in [2.45, 2.75) is 49.6 Å². The van der Waals surface area contributed by atoms with Gasteiger partial charge in [0.25, 0.3) is 0 Å². The molecule has 2 aliphatic rings. The fourth-order valence-corrected chi connectivity index (χ4v) is 4.77. The predicted molar refractivity (Wildman–Crippen MR) is 99.2 cm³/mol. The van der Waals surface area contributed by atoms with Crippen LogP contribution in [0.3, 0.4) is 0 Å². The summed E-state index contributed by atoms with van der Waals surface area (Å²) in [6.45, 7) is 2.52. The SMILES string of the molecule is Cl.O=C(NCc1ccc(S(=O)(=O)N2CCCCC2)cc1)C1CCCN1. The predicted octanol–water partition coefficient (Wildman–Crippen LogP) is 1.65. The molecule has 6 nitrogen and oxygen atoms in total. The van der Waals surface area contributed by atoms with Gasteiger partial charge in [0, 0.05) is 19.6 Å². The normalized spacial score (nSPS) is 21.5. The van der Waals surface area contributed by atoms with E-state index in [1.807, 2.05) is 0 Å². The van der Waals surface area contributed by atoms with Crippen LogP contribution in [0.2, 0.25) is 0 Å². The Morgan fingerprint density at radius 1 is 1.12 bits per heavy atom. The van der Waals surface area contributed by atoms with Crippen LogP contribution in [0.4, 0.5) is 0 Å². The smallest absolute Gasteiger partial charge is 0.243 e. The lowest BCUT2D eigenvalue weighted by Crippen LogP contribution is -2.40. The van der Waals surface area contributed by atoms with E-state index in [-0.39, 0.29) is 24.4 Å². The maximum absolute atomic E-state index is 12.6. The van der Waals surface area contributed by atoms with Crippen molar-refractivity contribution < 1.29 is 13.2 Å². The monoisotopic (exact) mass is 387 g/mol. The maximum Gasteiger partial charge on any atom is 0.243 e. The fraction of sp³-hybridized carbons (Fsp3) is 0.588. The van der Waals surface area contributed by atoms with E-state index in [1.54, 1.807) is 28.6 Å². The summed E-state index contributed by atoms with van der Waals surface area (Å²) < 4.78 is 26.7. The van der Waals surface area contributed by atoms with Gasteiger partial charge >= 0.3 is 0 Å². The van der Waals surface area contributed by atoms with Crippen LogP contribution in [0.5, 0.6) is 0 Å². The Bertz CT molecular complexity index is 667. The number of nitrogens with one attached hydrogen (secondary N) is 2. The molecule has 0 aliphatic carbocycles. The van der Waals surface area contributed by atoms with Gasteiger partial charge < -0.3 is 10.6 Å². The third-order valence-corrected chi connectivity index (χ3v) is 6.63. The Kier molecular flexibility index (Phi) is 7.25. The van der Waals surface area contributed by atoms with Crippen molar-refractivity contribution in [3.8, 4) is 0 Å². The molecule has 1 atom stereocenters. The van der Waals surface area contributed by atoms with E-state index in [0.717, 1.165) is 44.2 Å². The molecular formula is C17H26ClN3O3S. The van der Waals surface area contributed by atoms with Crippen molar-refractivity contribution in [2.75, 3.05) is 19.6 Å². The van der Waals surface area contributed by atoms with Crippen LogP contribution in [0, 0.1) is 0 Å². The summed E-state index contributed by atoms with van der Waals surface area (Å²) in [6, 6.07) is 6.74. The maximum atomic E-state index is 12.6. The number of carbonyl (C=O) groups is 1. The fourth-order valence-electron chi connectivity index (χ4n) is 3.25. The van der Waals surface area contributed by atoms with E-state index in [1.165, 1.54) is 0 Å². The van der Waals surface area contributed by atoms with Gasteiger partial charge in [-0.2, -0.15) is 4.31 Å². The molecule has 0 radical (unpaired) electrons. The van der Waals surface area contributed by atoms with E-state index in [0.29, 0.717) is 24.5 Å². The van der Waals surface area contributed by atoms with Crippen molar-refractivity contribution in [1.82, 2.24) is 14.9 Å². The molecule has 140 valence electrons. The summed E-state index contributed by atoms with van der Waals surface area (Å²) in [5.74, 6) is 0.0116. The third-order valence-electron chi connectivity index (χ3n) is 4.72. The molecule has 1 aromatic rings. The second-order valence-corrected chi connectivity index (χ2v) is 8.41. The van der Waals surface area contributed by atoms with Gasteiger partial charge in [0.15, 0.2) is 0 Å². The number of benzene rings is 1. The molecule has 1 unspecified atom stereocenters. The Hall–Kier alpha value is -1.15. The molecule has 3 rings (SSSR count). The van der Waals surface area contributed by atoms with Crippen molar-refractivity contribution in [1.29, 1.82) is 0 Å². The highest BCUT2D eigenvalue weighted by Gasteiger charge is 2.26. The molecule has 2 heterocycles. The molecule has 0 saturated carbocycles. The van der Waals surface area contributed by atoms with Crippen LogP contribution in [0.1, 0.15) is 37.7 Å². The highest BCUT2D eigenvalue weighted by molar-refractivity contribution is 7.89. The highest BCUT2D eigenvalue weighted by Crippen LogP contribution is 2.20. The molecule has 25 heavy (non-hydrogen) atoms. The molecule has 2 N–H and O–H groups in total. The van der Waals surface area contributed by atoms with Gasteiger partial charge in [-0.1, -0.05) is 18.6 Å². The number of hydrogen-bond donors (Lipinski definition) is 2. The van der Waals surface area contributed by atoms with Gasteiger partial charge in [-0.3, -0.25) is 4.79 Å². The molecule has 2 saturated heterocycles. The van der Waals surface area contributed by atoms with E-state index in [9.17, 15) is 13.2 Å². The molecule has 2 aliphatic heterocycles. The second kappa shape index (κ2) is 8.98. The number of sulfonamides is 1. The summed E-state index contributed by atoms with van der Waals surface area (Å²) in [4.78, 5) is 12.3. The first-order chi connectivity index (χ1) is 11.6. The van der Waals surface area contributed by atoms with Gasteiger partial charge in [0.05, 0.1) is 10.9 Å². The van der Waals surface area contributed by atoms with E-state index >= 15 is 0 Å². The summed E-state index contributed by atoms with van der Waals surface area (Å²) >= 11 is 0. The van der Waals surface area contributed by atoms with Gasteiger partial charge in [0.2, 0.25) is 15.9 Å². The van der Waals surface area contributed by atoms with Crippen molar-refractivity contribution in [3.63, 3.8) is 0 Å². The first-order valence-electron chi connectivity index (χ1n) is 8.67. The van der Waals surface area contributed by atoms with Gasteiger partial charge in [-0.25, -0.2) is 8.42 Å². The average Bonchev–Trinajstić information content (AvgIpc) is 3.15. The molecule has 1 amide bonds.